The third-order valence-electron chi connectivity index (χ3n) is 2.43. The van der Waals surface area contributed by atoms with Gasteiger partial charge in [-0.2, -0.15) is 0 Å². The number of methoxy groups -OCH3 is 1. The summed E-state index contributed by atoms with van der Waals surface area (Å²) in [6.45, 7) is 1.88. The molecule has 1 N–H and O–H groups in total. The molecule has 0 saturated carbocycles. The van der Waals surface area contributed by atoms with Gasteiger partial charge in [0.1, 0.15) is 10.8 Å². The van der Waals surface area contributed by atoms with Gasteiger partial charge in [-0.1, -0.05) is 23.1 Å². The van der Waals surface area contributed by atoms with Crippen LogP contribution in [0.25, 0.3) is 0 Å². The van der Waals surface area contributed by atoms with Crippen LogP contribution in [0.15, 0.2) is 23.8 Å². The number of benzene rings is 1. The van der Waals surface area contributed by atoms with Crippen molar-refractivity contribution in [2.24, 2.45) is 0 Å². The maximum absolute atomic E-state index is 12.1. The monoisotopic (exact) mass is 529 g/mol. The van der Waals surface area contributed by atoms with Gasteiger partial charge in [0, 0.05) is 4.47 Å². The molecule has 10 heteroatoms. The lowest BCUT2D eigenvalue weighted by atomic mass is 10.3. The summed E-state index contributed by atoms with van der Waals surface area (Å²) in [5, 5.41) is 11.6. The molecule has 0 radical (unpaired) electrons. The second kappa shape index (κ2) is 8.09. The van der Waals surface area contributed by atoms with Crippen molar-refractivity contribution in [1.29, 1.82) is 0 Å². The predicted octanol–water partition coefficient (Wildman–Crippen LogP) is 4.87. The highest BCUT2D eigenvalue weighted by Crippen LogP contribution is 2.43. The van der Waals surface area contributed by atoms with Crippen molar-refractivity contribution in [1.82, 2.24) is 10.2 Å². The summed E-state index contributed by atoms with van der Waals surface area (Å²) in [6.07, 6.45) is 0. The average molecular weight is 532 g/mol. The quantitative estimate of drug-likeness (QED) is 0.557. The van der Waals surface area contributed by atoms with E-state index in [0.29, 0.717) is 15.9 Å². The molecule has 1 amide bonds. The van der Waals surface area contributed by atoms with E-state index < -0.39 is 0 Å². The zero-order valence-corrected chi connectivity index (χ0v) is 17.8. The minimum atomic E-state index is -0.136. The topological polar surface area (TPSA) is 64.1 Å². The van der Waals surface area contributed by atoms with E-state index in [0.717, 1.165) is 18.3 Å². The minimum absolute atomic E-state index is 0.136. The average Bonchev–Trinajstić information content (AvgIpc) is 2.87. The van der Waals surface area contributed by atoms with E-state index >= 15 is 0 Å². The van der Waals surface area contributed by atoms with E-state index in [2.05, 4.69) is 63.3 Å². The summed E-state index contributed by atoms with van der Waals surface area (Å²) >= 11 is 13.1. The Balaban J connectivity index is 2.08. The lowest BCUT2D eigenvalue weighted by Crippen LogP contribution is -2.15. The molecule has 118 valence electrons. The molecule has 0 aliphatic carbocycles. The number of carbonyl (C=O) groups excluding carboxylic acids is 1. The number of hydrogen-bond donors (Lipinski definition) is 1. The van der Waals surface area contributed by atoms with E-state index in [1.807, 2.05) is 13.0 Å². The van der Waals surface area contributed by atoms with Crippen LogP contribution >= 0.6 is 70.9 Å². The predicted molar refractivity (Wildman–Crippen MR) is 100 cm³/mol. The Morgan fingerprint density at radius 3 is 2.68 bits per heavy atom. The van der Waals surface area contributed by atoms with Crippen LogP contribution in [0.4, 0.5) is 5.69 Å². The normalized spacial score (nSPS) is 10.6. The van der Waals surface area contributed by atoms with Gasteiger partial charge in [-0.05, 0) is 60.8 Å². The summed E-state index contributed by atoms with van der Waals surface area (Å²) < 4.78 is 8.27. The van der Waals surface area contributed by atoms with Gasteiger partial charge in [0.2, 0.25) is 5.91 Å². The number of halogens is 3. The van der Waals surface area contributed by atoms with Crippen molar-refractivity contribution in [2.45, 2.75) is 11.3 Å². The zero-order valence-electron chi connectivity index (χ0n) is 11.4. The highest BCUT2D eigenvalue weighted by Gasteiger charge is 2.17. The smallest absolute Gasteiger partial charge is 0.234 e. The lowest BCUT2D eigenvalue weighted by Gasteiger charge is -2.14. The number of anilines is 1. The van der Waals surface area contributed by atoms with E-state index in [1.54, 1.807) is 7.11 Å². The van der Waals surface area contributed by atoms with Crippen LogP contribution in [0, 0.1) is 6.92 Å². The van der Waals surface area contributed by atoms with E-state index in [1.165, 1.54) is 23.1 Å². The Labute approximate surface area is 161 Å². The van der Waals surface area contributed by atoms with Gasteiger partial charge in [0.15, 0.2) is 4.34 Å². The van der Waals surface area contributed by atoms with Gasteiger partial charge in [-0.3, -0.25) is 4.79 Å². The minimum Gasteiger partial charge on any atom is -0.494 e. The van der Waals surface area contributed by atoms with Crippen LogP contribution in [-0.4, -0.2) is 29.0 Å². The van der Waals surface area contributed by atoms with Crippen molar-refractivity contribution < 1.29 is 9.53 Å². The molecule has 0 aliphatic rings. The van der Waals surface area contributed by atoms with E-state index in [4.69, 9.17) is 4.74 Å². The fourth-order valence-corrected chi connectivity index (χ4v) is 5.77. The molecule has 0 unspecified atom stereocenters. The van der Waals surface area contributed by atoms with Crippen LogP contribution in [0.5, 0.6) is 5.75 Å². The van der Waals surface area contributed by atoms with Crippen LogP contribution in [0.1, 0.15) is 5.01 Å². The van der Waals surface area contributed by atoms with Crippen molar-refractivity contribution in [3.63, 3.8) is 0 Å². The molecule has 1 aromatic carbocycles. The summed E-state index contributed by atoms with van der Waals surface area (Å²) in [4.78, 5) is 12.1. The molecule has 0 spiro atoms. The third-order valence-corrected chi connectivity index (χ3v) is 6.37. The fraction of sp³-hybridized carbons (Fsp3) is 0.250. The van der Waals surface area contributed by atoms with Crippen molar-refractivity contribution >= 4 is 82.5 Å². The summed E-state index contributed by atoms with van der Waals surface area (Å²) in [6, 6.07) is 1.82. The van der Waals surface area contributed by atoms with Crippen molar-refractivity contribution in [2.75, 3.05) is 18.2 Å². The molecule has 22 heavy (non-hydrogen) atoms. The van der Waals surface area contributed by atoms with E-state index in [-0.39, 0.29) is 11.7 Å². The van der Waals surface area contributed by atoms with Crippen molar-refractivity contribution in [3.05, 3.63) is 24.5 Å². The van der Waals surface area contributed by atoms with Crippen LogP contribution in [0.2, 0.25) is 0 Å². The second-order valence-electron chi connectivity index (χ2n) is 3.99. The number of ether oxygens (including phenoxy) is 1. The number of thioether (sulfide) groups is 1. The number of carbonyl (C=O) groups is 1. The van der Waals surface area contributed by atoms with Crippen LogP contribution in [-0.2, 0) is 4.79 Å². The lowest BCUT2D eigenvalue weighted by molar-refractivity contribution is -0.113. The number of amides is 1. The number of hydrogen-bond acceptors (Lipinski definition) is 6. The molecule has 5 nitrogen and oxygen atoms in total. The Hall–Kier alpha value is -0.160. The molecule has 2 aromatic rings. The van der Waals surface area contributed by atoms with E-state index in [9.17, 15) is 4.79 Å². The Morgan fingerprint density at radius 1 is 1.36 bits per heavy atom. The highest BCUT2D eigenvalue weighted by atomic mass is 79.9. The Morgan fingerprint density at radius 2 is 2.09 bits per heavy atom. The van der Waals surface area contributed by atoms with Crippen LogP contribution < -0.4 is 10.1 Å². The molecule has 0 aliphatic heterocycles. The fourth-order valence-electron chi connectivity index (χ4n) is 1.51. The number of aromatic nitrogens is 2. The third kappa shape index (κ3) is 4.44. The largest absolute Gasteiger partial charge is 0.494 e. The summed E-state index contributed by atoms with van der Waals surface area (Å²) in [5.74, 6) is 0.737. The molecular formula is C12H10Br3N3O2S2. The second-order valence-corrected chi connectivity index (χ2v) is 8.89. The molecule has 0 saturated heterocycles. The first-order valence-electron chi connectivity index (χ1n) is 5.86. The summed E-state index contributed by atoms with van der Waals surface area (Å²) in [7, 11) is 1.57. The standard InChI is InChI=1S/C12H10Br3N3O2S2/c1-5-17-18-12(22-5)21-4-8(19)16-10-6(13)3-7(14)11(20-2)9(10)15/h3H,4H2,1-2H3,(H,16,19). The van der Waals surface area contributed by atoms with Gasteiger partial charge in [-0.15, -0.1) is 10.2 Å². The summed E-state index contributed by atoms with van der Waals surface area (Å²) in [5.41, 5.74) is 0.624. The van der Waals surface area contributed by atoms with Gasteiger partial charge >= 0.3 is 0 Å². The maximum Gasteiger partial charge on any atom is 0.234 e. The molecule has 1 aromatic heterocycles. The molecule has 1 heterocycles. The Bertz CT molecular complexity index is 709. The molecular weight excluding hydrogens is 522 g/mol. The molecule has 2 rings (SSSR count). The number of nitrogens with one attached hydrogen (secondary N) is 1. The number of rotatable bonds is 5. The van der Waals surface area contributed by atoms with Gasteiger partial charge in [0.25, 0.3) is 0 Å². The molecule has 0 atom stereocenters. The van der Waals surface area contributed by atoms with Gasteiger partial charge in [-0.25, -0.2) is 0 Å². The van der Waals surface area contributed by atoms with Gasteiger partial charge in [0.05, 0.1) is 27.5 Å². The first-order chi connectivity index (χ1) is 10.4. The van der Waals surface area contributed by atoms with Crippen LogP contribution in [0.3, 0.4) is 0 Å². The first-order valence-corrected chi connectivity index (χ1v) is 10.0. The first kappa shape index (κ1) is 18.2. The number of nitrogens with zero attached hydrogens (tertiary/aromatic N) is 2. The zero-order chi connectivity index (χ0) is 16.3. The molecule has 0 bridgehead atoms. The maximum atomic E-state index is 12.1. The SMILES string of the molecule is COc1c(Br)cc(Br)c(NC(=O)CSc2nnc(C)s2)c1Br. The molecule has 0 fully saturated rings. The van der Waals surface area contributed by atoms with Gasteiger partial charge < -0.3 is 10.1 Å². The number of aryl methyl sites for hydroxylation is 1. The Kier molecular flexibility index (Phi) is 6.69. The highest BCUT2D eigenvalue weighted by molar-refractivity contribution is 9.11. The van der Waals surface area contributed by atoms with Crippen molar-refractivity contribution in [3.8, 4) is 5.75 Å².